The van der Waals surface area contributed by atoms with Crippen LogP contribution in [0.25, 0.3) is 10.9 Å². The van der Waals surface area contributed by atoms with Gasteiger partial charge in [-0.25, -0.2) is 9.59 Å². The van der Waals surface area contributed by atoms with Crippen LogP contribution in [0.4, 0.5) is 0 Å². The molecule has 1 amide bonds. The lowest BCUT2D eigenvalue weighted by Crippen LogP contribution is -2.33. The summed E-state index contributed by atoms with van der Waals surface area (Å²) in [5.74, 6) is -2.50. The average molecular weight is 492 g/mol. The second-order valence-electron chi connectivity index (χ2n) is 8.03. The SMILES string of the molecule is CCN(CC)CCC(NC(=O)Cc1ccc2ccccc2n1)c1ccccc1.O=C(O)C=CC(=O)O. The molecule has 3 rings (SSSR count). The molecule has 3 N–H and O–H groups in total. The van der Waals surface area contributed by atoms with Crippen LogP contribution in [0.1, 0.15) is 37.6 Å². The molecule has 0 aliphatic heterocycles. The van der Waals surface area contributed by atoms with E-state index in [0.29, 0.717) is 18.6 Å². The molecule has 3 aromatic rings. The molecular formula is C28H33N3O5. The molecule has 0 saturated heterocycles. The predicted octanol–water partition coefficient (Wildman–Crippen LogP) is 4.08. The quantitative estimate of drug-likeness (QED) is 0.346. The first-order valence-electron chi connectivity index (χ1n) is 11.9. The molecule has 0 aliphatic rings. The van der Waals surface area contributed by atoms with Crippen LogP contribution in [-0.4, -0.2) is 57.6 Å². The van der Waals surface area contributed by atoms with Gasteiger partial charge in [0.05, 0.1) is 23.7 Å². The lowest BCUT2D eigenvalue weighted by Gasteiger charge is -2.24. The van der Waals surface area contributed by atoms with E-state index in [2.05, 4.69) is 41.2 Å². The molecule has 0 bridgehead atoms. The lowest BCUT2D eigenvalue weighted by atomic mass is 10.0. The summed E-state index contributed by atoms with van der Waals surface area (Å²) in [6.07, 6.45) is 2.30. The molecule has 8 nitrogen and oxygen atoms in total. The largest absolute Gasteiger partial charge is 0.478 e. The highest BCUT2D eigenvalue weighted by molar-refractivity contribution is 5.89. The predicted molar refractivity (Wildman–Crippen MR) is 140 cm³/mol. The Bertz CT molecular complexity index is 1140. The summed E-state index contributed by atoms with van der Waals surface area (Å²) in [5, 5.41) is 19.9. The minimum absolute atomic E-state index is 0.00903. The number of carboxylic acids is 2. The number of hydrogen-bond donors (Lipinski definition) is 3. The highest BCUT2D eigenvalue weighted by Crippen LogP contribution is 2.18. The van der Waals surface area contributed by atoms with Crippen molar-refractivity contribution in [1.29, 1.82) is 0 Å². The molecule has 2 aromatic carbocycles. The molecule has 0 radical (unpaired) electrons. The van der Waals surface area contributed by atoms with Gasteiger partial charge in [0.15, 0.2) is 0 Å². The van der Waals surface area contributed by atoms with Gasteiger partial charge in [0.25, 0.3) is 0 Å². The van der Waals surface area contributed by atoms with Gasteiger partial charge in [-0.15, -0.1) is 0 Å². The van der Waals surface area contributed by atoms with E-state index in [9.17, 15) is 14.4 Å². The highest BCUT2D eigenvalue weighted by Gasteiger charge is 2.16. The Kier molecular flexibility index (Phi) is 11.8. The normalized spacial score (nSPS) is 11.6. The Balaban J connectivity index is 0.000000493. The fraction of sp³-hybridized carbons (Fsp3) is 0.286. The number of carbonyl (C=O) groups excluding carboxylic acids is 1. The molecule has 1 heterocycles. The Morgan fingerprint density at radius 3 is 2.11 bits per heavy atom. The topological polar surface area (TPSA) is 120 Å². The van der Waals surface area contributed by atoms with E-state index in [-0.39, 0.29) is 11.9 Å². The van der Waals surface area contributed by atoms with Crippen molar-refractivity contribution < 1.29 is 24.6 Å². The molecule has 1 unspecified atom stereocenters. The molecule has 0 spiro atoms. The summed E-state index contributed by atoms with van der Waals surface area (Å²) in [4.78, 5) is 38.9. The minimum Gasteiger partial charge on any atom is -0.478 e. The Morgan fingerprint density at radius 2 is 1.50 bits per heavy atom. The van der Waals surface area contributed by atoms with Gasteiger partial charge in [0.1, 0.15) is 0 Å². The number of aliphatic carboxylic acids is 2. The van der Waals surface area contributed by atoms with Crippen molar-refractivity contribution in [2.24, 2.45) is 0 Å². The van der Waals surface area contributed by atoms with Crippen molar-refractivity contribution in [3.8, 4) is 0 Å². The summed E-state index contributed by atoms with van der Waals surface area (Å²) in [6.45, 7) is 7.34. The third kappa shape index (κ3) is 10.1. The summed E-state index contributed by atoms with van der Waals surface area (Å²) in [5.41, 5.74) is 2.87. The number of rotatable bonds is 11. The van der Waals surface area contributed by atoms with Crippen LogP contribution in [0.5, 0.6) is 0 Å². The number of pyridine rings is 1. The fourth-order valence-corrected chi connectivity index (χ4v) is 3.62. The number of carbonyl (C=O) groups is 3. The number of para-hydroxylation sites is 1. The summed E-state index contributed by atoms with van der Waals surface area (Å²) in [7, 11) is 0. The number of amides is 1. The van der Waals surface area contributed by atoms with E-state index >= 15 is 0 Å². The highest BCUT2D eigenvalue weighted by atomic mass is 16.4. The number of aromatic nitrogens is 1. The van der Waals surface area contributed by atoms with E-state index in [4.69, 9.17) is 10.2 Å². The third-order valence-electron chi connectivity index (χ3n) is 5.53. The number of hydrogen-bond acceptors (Lipinski definition) is 5. The summed E-state index contributed by atoms with van der Waals surface area (Å²) in [6, 6.07) is 22.2. The molecular weight excluding hydrogens is 458 g/mol. The van der Waals surface area contributed by atoms with Crippen LogP contribution in [0, 0.1) is 0 Å². The number of nitrogens with zero attached hydrogens (tertiary/aromatic N) is 2. The molecule has 0 saturated carbocycles. The van der Waals surface area contributed by atoms with Crippen LogP contribution < -0.4 is 5.32 Å². The molecule has 190 valence electrons. The van der Waals surface area contributed by atoms with Crippen molar-refractivity contribution in [1.82, 2.24) is 15.2 Å². The standard InChI is InChI=1S/C24H29N3O.C4H4O4/c1-3-27(4-2)17-16-23(19-10-6-5-7-11-19)26-24(28)18-21-15-14-20-12-8-9-13-22(20)25-21;5-3(6)1-2-4(7)8/h5-15,23H,3-4,16-18H2,1-2H3,(H,26,28);1-2H,(H,5,6)(H,7,8). The van der Waals surface area contributed by atoms with Gasteiger partial charge in [-0.2, -0.15) is 0 Å². The summed E-state index contributed by atoms with van der Waals surface area (Å²) < 4.78 is 0. The van der Waals surface area contributed by atoms with Gasteiger partial charge in [0, 0.05) is 24.1 Å². The molecule has 0 aliphatic carbocycles. The number of fused-ring (bicyclic) bond motifs is 1. The second kappa shape index (κ2) is 15.1. The van der Waals surface area contributed by atoms with E-state index < -0.39 is 11.9 Å². The van der Waals surface area contributed by atoms with Crippen LogP contribution in [0.15, 0.2) is 78.9 Å². The van der Waals surface area contributed by atoms with E-state index in [1.807, 2.05) is 54.6 Å². The van der Waals surface area contributed by atoms with E-state index in [0.717, 1.165) is 48.2 Å². The first-order chi connectivity index (χ1) is 17.3. The van der Waals surface area contributed by atoms with Crippen molar-refractivity contribution in [2.45, 2.75) is 32.7 Å². The minimum atomic E-state index is -1.26. The first kappa shape index (κ1) is 28.2. The van der Waals surface area contributed by atoms with Gasteiger partial charge in [-0.3, -0.25) is 9.78 Å². The van der Waals surface area contributed by atoms with Crippen molar-refractivity contribution >= 4 is 28.7 Å². The van der Waals surface area contributed by atoms with Crippen molar-refractivity contribution in [2.75, 3.05) is 19.6 Å². The van der Waals surface area contributed by atoms with Gasteiger partial charge >= 0.3 is 11.9 Å². The second-order valence-corrected chi connectivity index (χ2v) is 8.03. The zero-order valence-corrected chi connectivity index (χ0v) is 20.6. The van der Waals surface area contributed by atoms with Crippen LogP contribution in [0.3, 0.4) is 0 Å². The van der Waals surface area contributed by atoms with Crippen LogP contribution in [-0.2, 0) is 20.8 Å². The molecule has 1 aromatic heterocycles. The van der Waals surface area contributed by atoms with Gasteiger partial charge < -0.3 is 20.4 Å². The monoisotopic (exact) mass is 491 g/mol. The average Bonchev–Trinajstić information content (AvgIpc) is 2.88. The molecule has 8 heteroatoms. The smallest absolute Gasteiger partial charge is 0.328 e. The van der Waals surface area contributed by atoms with Crippen LogP contribution in [0.2, 0.25) is 0 Å². The van der Waals surface area contributed by atoms with Gasteiger partial charge in [-0.1, -0.05) is 68.4 Å². The lowest BCUT2D eigenvalue weighted by molar-refractivity contribution is -0.134. The number of nitrogens with one attached hydrogen (secondary N) is 1. The maximum absolute atomic E-state index is 12.8. The third-order valence-corrected chi connectivity index (χ3v) is 5.53. The number of benzene rings is 2. The first-order valence-corrected chi connectivity index (χ1v) is 11.9. The number of carboxylic acid groups (broad SMARTS) is 2. The molecule has 36 heavy (non-hydrogen) atoms. The van der Waals surface area contributed by atoms with E-state index in [1.54, 1.807) is 0 Å². The van der Waals surface area contributed by atoms with Crippen LogP contribution >= 0.6 is 0 Å². The zero-order chi connectivity index (χ0) is 26.3. The Morgan fingerprint density at radius 1 is 0.889 bits per heavy atom. The maximum Gasteiger partial charge on any atom is 0.328 e. The fourth-order valence-electron chi connectivity index (χ4n) is 3.62. The van der Waals surface area contributed by atoms with Crippen molar-refractivity contribution in [3.05, 3.63) is 90.1 Å². The zero-order valence-electron chi connectivity index (χ0n) is 20.6. The molecule has 1 atom stereocenters. The van der Waals surface area contributed by atoms with Gasteiger partial charge in [0.2, 0.25) is 5.91 Å². The Hall–Kier alpha value is -4.04. The van der Waals surface area contributed by atoms with Crippen molar-refractivity contribution in [3.63, 3.8) is 0 Å². The maximum atomic E-state index is 12.8. The summed E-state index contributed by atoms with van der Waals surface area (Å²) >= 11 is 0. The van der Waals surface area contributed by atoms with Gasteiger partial charge in [-0.05, 0) is 37.2 Å². The van der Waals surface area contributed by atoms with E-state index in [1.165, 1.54) is 0 Å². The Labute approximate surface area is 211 Å². The molecule has 0 fully saturated rings.